The summed E-state index contributed by atoms with van der Waals surface area (Å²) in [6.45, 7) is 0. The predicted molar refractivity (Wildman–Crippen MR) is 50.9 cm³/mol. The van der Waals surface area contributed by atoms with Crippen molar-refractivity contribution in [1.29, 1.82) is 0 Å². The van der Waals surface area contributed by atoms with Gasteiger partial charge in [0.15, 0.2) is 0 Å². The lowest BCUT2D eigenvalue weighted by atomic mass is 10.2. The van der Waals surface area contributed by atoms with Crippen LogP contribution in [0.15, 0.2) is 22.7 Å². The van der Waals surface area contributed by atoms with E-state index in [1.54, 1.807) is 18.2 Å². The SMILES string of the molecule is COC(=O)c1ccc(NO)cc1Br. The van der Waals surface area contributed by atoms with Crippen LogP contribution in [0.1, 0.15) is 10.4 Å². The maximum Gasteiger partial charge on any atom is 0.339 e. The fraction of sp³-hybridized carbons (Fsp3) is 0.125. The van der Waals surface area contributed by atoms with Crippen LogP contribution in [-0.4, -0.2) is 18.3 Å². The van der Waals surface area contributed by atoms with Crippen LogP contribution in [0, 0.1) is 0 Å². The van der Waals surface area contributed by atoms with Gasteiger partial charge in [-0.3, -0.25) is 10.7 Å². The van der Waals surface area contributed by atoms with Gasteiger partial charge in [0.2, 0.25) is 0 Å². The number of anilines is 1. The number of ether oxygens (including phenoxy) is 1. The van der Waals surface area contributed by atoms with Crippen molar-refractivity contribution >= 4 is 27.6 Å². The quantitative estimate of drug-likeness (QED) is 0.619. The van der Waals surface area contributed by atoms with Crippen molar-refractivity contribution in [1.82, 2.24) is 0 Å². The van der Waals surface area contributed by atoms with Crippen LogP contribution >= 0.6 is 15.9 Å². The molecule has 1 aromatic rings. The molecule has 0 bridgehead atoms. The lowest BCUT2D eigenvalue weighted by molar-refractivity contribution is 0.0599. The molecular formula is C8H8BrNO3. The van der Waals surface area contributed by atoms with Crippen LogP contribution in [0.5, 0.6) is 0 Å². The average Bonchev–Trinajstić information content (AvgIpc) is 2.16. The second-order valence-electron chi connectivity index (χ2n) is 2.30. The van der Waals surface area contributed by atoms with Crippen LogP contribution < -0.4 is 5.48 Å². The fourth-order valence-corrected chi connectivity index (χ4v) is 1.40. The minimum absolute atomic E-state index is 0.418. The molecule has 1 aromatic carbocycles. The first-order chi connectivity index (χ1) is 6.19. The van der Waals surface area contributed by atoms with Crippen LogP contribution in [0.2, 0.25) is 0 Å². The number of esters is 1. The third-order valence-electron chi connectivity index (χ3n) is 1.50. The van der Waals surface area contributed by atoms with Gasteiger partial charge >= 0.3 is 5.97 Å². The van der Waals surface area contributed by atoms with Crippen molar-refractivity contribution in [3.8, 4) is 0 Å². The van der Waals surface area contributed by atoms with E-state index in [4.69, 9.17) is 5.21 Å². The summed E-state index contributed by atoms with van der Waals surface area (Å²) in [4.78, 5) is 11.1. The minimum atomic E-state index is -0.420. The highest BCUT2D eigenvalue weighted by Gasteiger charge is 2.09. The fourth-order valence-electron chi connectivity index (χ4n) is 0.860. The van der Waals surface area contributed by atoms with E-state index in [1.165, 1.54) is 7.11 Å². The number of benzene rings is 1. The highest BCUT2D eigenvalue weighted by Crippen LogP contribution is 2.21. The average molecular weight is 246 g/mol. The van der Waals surface area contributed by atoms with Crippen molar-refractivity contribution < 1.29 is 14.7 Å². The monoisotopic (exact) mass is 245 g/mol. The van der Waals surface area contributed by atoms with Crippen molar-refractivity contribution in [3.63, 3.8) is 0 Å². The second kappa shape index (κ2) is 4.25. The van der Waals surface area contributed by atoms with E-state index in [9.17, 15) is 4.79 Å². The van der Waals surface area contributed by atoms with Gasteiger partial charge in [-0.25, -0.2) is 4.79 Å². The molecule has 0 aliphatic heterocycles. The molecule has 0 atom stereocenters. The van der Waals surface area contributed by atoms with Crippen molar-refractivity contribution in [2.45, 2.75) is 0 Å². The third kappa shape index (κ3) is 2.19. The van der Waals surface area contributed by atoms with Gasteiger partial charge in [-0.1, -0.05) is 0 Å². The molecule has 0 aromatic heterocycles. The lowest BCUT2D eigenvalue weighted by Gasteiger charge is -2.04. The summed E-state index contributed by atoms with van der Waals surface area (Å²) in [5.74, 6) is -0.420. The first-order valence-corrected chi connectivity index (χ1v) is 4.26. The van der Waals surface area contributed by atoms with Crippen LogP contribution in [0.25, 0.3) is 0 Å². The smallest absolute Gasteiger partial charge is 0.339 e. The first kappa shape index (κ1) is 10.0. The van der Waals surface area contributed by atoms with E-state index in [0.29, 0.717) is 15.7 Å². The molecule has 0 fully saturated rings. The summed E-state index contributed by atoms with van der Waals surface area (Å²) in [5.41, 5.74) is 2.89. The number of nitrogens with one attached hydrogen (secondary N) is 1. The van der Waals surface area contributed by atoms with E-state index >= 15 is 0 Å². The zero-order chi connectivity index (χ0) is 9.84. The van der Waals surface area contributed by atoms with E-state index in [-0.39, 0.29) is 0 Å². The number of rotatable bonds is 2. The zero-order valence-electron chi connectivity index (χ0n) is 6.87. The molecule has 0 radical (unpaired) electrons. The summed E-state index contributed by atoms with van der Waals surface area (Å²) in [6, 6.07) is 4.69. The van der Waals surface area contributed by atoms with Gasteiger partial charge in [0.25, 0.3) is 0 Å². The molecule has 5 heteroatoms. The molecule has 4 nitrogen and oxygen atoms in total. The zero-order valence-corrected chi connectivity index (χ0v) is 8.46. The number of methoxy groups -OCH3 is 1. The number of halogens is 1. The van der Waals surface area contributed by atoms with Gasteiger partial charge in [-0.2, -0.15) is 0 Å². The Balaban J connectivity index is 3.05. The van der Waals surface area contributed by atoms with Gasteiger partial charge in [0, 0.05) is 4.47 Å². The highest BCUT2D eigenvalue weighted by atomic mass is 79.9. The van der Waals surface area contributed by atoms with Crippen molar-refractivity contribution in [3.05, 3.63) is 28.2 Å². The summed E-state index contributed by atoms with van der Waals surface area (Å²) in [7, 11) is 1.31. The van der Waals surface area contributed by atoms with E-state index in [1.807, 2.05) is 5.48 Å². The summed E-state index contributed by atoms with van der Waals surface area (Å²) >= 11 is 3.18. The standard InChI is InChI=1S/C8H8BrNO3/c1-13-8(11)6-3-2-5(10-12)4-7(6)9/h2-4,10,12H,1H3. The number of carbonyl (C=O) groups is 1. The van der Waals surface area contributed by atoms with Gasteiger partial charge < -0.3 is 4.74 Å². The molecular weight excluding hydrogens is 238 g/mol. The Morgan fingerprint density at radius 3 is 2.77 bits per heavy atom. The van der Waals surface area contributed by atoms with Crippen LogP contribution in [0.4, 0.5) is 5.69 Å². The van der Waals surface area contributed by atoms with Crippen molar-refractivity contribution in [2.75, 3.05) is 12.6 Å². The van der Waals surface area contributed by atoms with Gasteiger partial charge in [0.1, 0.15) is 0 Å². The molecule has 70 valence electrons. The Morgan fingerprint density at radius 1 is 1.62 bits per heavy atom. The van der Waals surface area contributed by atoms with Crippen molar-refractivity contribution in [2.24, 2.45) is 0 Å². The minimum Gasteiger partial charge on any atom is -0.465 e. The normalized spacial score (nSPS) is 9.46. The largest absolute Gasteiger partial charge is 0.465 e. The first-order valence-electron chi connectivity index (χ1n) is 3.47. The maximum absolute atomic E-state index is 11.1. The Labute approximate surface area is 83.6 Å². The molecule has 2 N–H and O–H groups in total. The molecule has 0 saturated heterocycles. The molecule has 0 aliphatic carbocycles. The molecule has 0 aliphatic rings. The molecule has 0 amide bonds. The predicted octanol–water partition coefficient (Wildman–Crippen LogP) is 2.04. The summed E-state index contributed by atoms with van der Waals surface area (Å²) in [5, 5.41) is 8.56. The molecule has 13 heavy (non-hydrogen) atoms. The van der Waals surface area contributed by atoms with Gasteiger partial charge in [-0.05, 0) is 34.1 Å². The van der Waals surface area contributed by atoms with Gasteiger partial charge in [0.05, 0.1) is 18.4 Å². The van der Waals surface area contributed by atoms with Crippen LogP contribution in [-0.2, 0) is 4.74 Å². The number of hydrogen-bond donors (Lipinski definition) is 2. The molecule has 0 spiro atoms. The second-order valence-corrected chi connectivity index (χ2v) is 3.15. The Bertz CT molecular complexity index is 327. The van der Waals surface area contributed by atoms with E-state index in [2.05, 4.69) is 20.7 Å². The number of carbonyl (C=O) groups excluding carboxylic acids is 1. The van der Waals surface area contributed by atoms with E-state index in [0.717, 1.165) is 0 Å². The van der Waals surface area contributed by atoms with E-state index < -0.39 is 5.97 Å². The lowest BCUT2D eigenvalue weighted by Crippen LogP contribution is -2.02. The summed E-state index contributed by atoms with van der Waals surface area (Å²) < 4.78 is 5.11. The molecule has 0 unspecified atom stereocenters. The summed E-state index contributed by atoms with van der Waals surface area (Å²) in [6.07, 6.45) is 0. The number of hydrogen-bond acceptors (Lipinski definition) is 4. The van der Waals surface area contributed by atoms with Gasteiger partial charge in [-0.15, -0.1) is 0 Å². The Hall–Kier alpha value is -1.07. The Morgan fingerprint density at radius 2 is 2.31 bits per heavy atom. The molecule has 0 saturated carbocycles. The molecule has 1 rings (SSSR count). The topological polar surface area (TPSA) is 58.6 Å². The Kier molecular flexibility index (Phi) is 3.27. The van der Waals surface area contributed by atoms with Crippen LogP contribution in [0.3, 0.4) is 0 Å². The third-order valence-corrected chi connectivity index (χ3v) is 2.16. The maximum atomic E-state index is 11.1. The molecule has 0 heterocycles. The highest BCUT2D eigenvalue weighted by molar-refractivity contribution is 9.10.